The first kappa shape index (κ1) is 37.9. The zero-order chi connectivity index (χ0) is 43.6. The van der Waals surface area contributed by atoms with Crippen molar-refractivity contribution in [1.29, 1.82) is 0 Å². The number of fused-ring (bicyclic) bond motifs is 10. The third kappa shape index (κ3) is 5.77. The number of furan rings is 1. The average molecular weight is 843 g/mol. The molecule has 310 valence electrons. The van der Waals surface area contributed by atoms with Crippen LogP contribution >= 0.6 is 0 Å². The highest BCUT2D eigenvalue weighted by atomic mass is 16.3. The van der Waals surface area contributed by atoms with Crippen LogP contribution in [-0.2, 0) is 5.41 Å². The van der Waals surface area contributed by atoms with Gasteiger partial charge in [-0.05, 0) is 117 Å². The number of hydrogen-bond acceptors (Lipinski definition) is 3. The first-order valence-electron chi connectivity index (χ1n) is 22.7. The van der Waals surface area contributed by atoms with E-state index in [4.69, 9.17) is 4.42 Å². The highest BCUT2D eigenvalue weighted by Gasteiger charge is 2.51. The molecule has 3 nitrogen and oxygen atoms in total. The maximum absolute atomic E-state index is 6.58. The molecule has 0 atom stereocenters. The maximum atomic E-state index is 6.58. The average Bonchev–Trinajstić information content (AvgIpc) is 3.92. The third-order valence-electron chi connectivity index (χ3n) is 13.7. The number of hydrogen-bond donors (Lipinski definition) is 0. The van der Waals surface area contributed by atoms with E-state index in [-0.39, 0.29) is 0 Å². The summed E-state index contributed by atoms with van der Waals surface area (Å²) in [4.78, 5) is 4.85. The van der Waals surface area contributed by atoms with Crippen molar-refractivity contribution >= 4 is 45.1 Å². The van der Waals surface area contributed by atoms with Crippen LogP contribution in [0.1, 0.15) is 22.3 Å². The lowest BCUT2D eigenvalue weighted by Crippen LogP contribution is -2.36. The molecule has 11 aromatic rings. The van der Waals surface area contributed by atoms with Gasteiger partial charge in [0.05, 0.1) is 16.8 Å². The molecule has 10 aromatic carbocycles. The minimum absolute atomic E-state index is 0.563. The molecule has 13 rings (SSSR count). The Balaban J connectivity index is 0.955. The fraction of sp³-hybridized carbons (Fsp3) is 0.0159. The lowest BCUT2D eigenvalue weighted by atomic mass is 9.64. The van der Waals surface area contributed by atoms with Gasteiger partial charge in [-0.1, -0.05) is 188 Å². The number of para-hydroxylation sites is 5. The van der Waals surface area contributed by atoms with Gasteiger partial charge < -0.3 is 14.2 Å². The van der Waals surface area contributed by atoms with Crippen LogP contribution in [-0.4, -0.2) is 0 Å². The number of rotatable bonds is 7. The maximum Gasteiger partial charge on any atom is 0.143 e. The topological polar surface area (TPSA) is 19.6 Å². The van der Waals surface area contributed by atoms with E-state index in [1.54, 1.807) is 0 Å². The second kappa shape index (κ2) is 15.3. The molecule has 1 aromatic heterocycles. The Labute approximate surface area is 384 Å². The van der Waals surface area contributed by atoms with Crippen molar-refractivity contribution in [2.45, 2.75) is 5.41 Å². The lowest BCUT2D eigenvalue weighted by molar-refractivity contribution is 0.632. The Morgan fingerprint density at radius 3 is 1.64 bits per heavy atom. The van der Waals surface area contributed by atoms with Crippen molar-refractivity contribution in [2.24, 2.45) is 0 Å². The van der Waals surface area contributed by atoms with Crippen LogP contribution < -0.4 is 9.80 Å². The van der Waals surface area contributed by atoms with Crippen LogP contribution in [0.2, 0.25) is 0 Å². The van der Waals surface area contributed by atoms with E-state index in [9.17, 15) is 0 Å². The zero-order valence-corrected chi connectivity index (χ0v) is 36.1. The SMILES string of the molecule is c1ccc(-c2c(-c3ccc(-c4cccc(N(c5ccccc5)c5ccc6c(c5)C5(c7ccccc7-6)c6ccccc6N(c6ccccc6)c6ccccc65)c4)cc3)oc3ccccc23)cc1. The first-order chi connectivity index (χ1) is 32.8. The smallest absolute Gasteiger partial charge is 0.143 e. The Morgan fingerprint density at radius 1 is 0.348 bits per heavy atom. The molecule has 2 aliphatic rings. The van der Waals surface area contributed by atoms with E-state index < -0.39 is 5.41 Å². The van der Waals surface area contributed by atoms with E-state index in [1.165, 1.54) is 44.8 Å². The van der Waals surface area contributed by atoms with Crippen molar-refractivity contribution in [3.05, 3.63) is 277 Å². The van der Waals surface area contributed by atoms with Crippen LogP contribution in [0.3, 0.4) is 0 Å². The van der Waals surface area contributed by atoms with Crippen molar-refractivity contribution in [3.63, 3.8) is 0 Å². The summed E-state index contributed by atoms with van der Waals surface area (Å²) in [5, 5.41) is 1.11. The Hall–Kier alpha value is -8.66. The van der Waals surface area contributed by atoms with Crippen LogP contribution in [0.5, 0.6) is 0 Å². The number of anilines is 6. The molecule has 3 heteroatoms. The van der Waals surface area contributed by atoms with E-state index in [1.807, 2.05) is 6.07 Å². The van der Waals surface area contributed by atoms with Gasteiger partial charge in [0.2, 0.25) is 0 Å². The van der Waals surface area contributed by atoms with Gasteiger partial charge in [0.1, 0.15) is 11.3 Å². The number of nitrogens with zero attached hydrogens (tertiary/aromatic N) is 2. The first-order valence-corrected chi connectivity index (χ1v) is 22.7. The normalized spacial score (nSPS) is 12.9. The molecule has 2 heterocycles. The fourth-order valence-corrected chi connectivity index (χ4v) is 10.9. The molecule has 0 fully saturated rings. The predicted octanol–water partition coefficient (Wildman–Crippen LogP) is 17.0. The van der Waals surface area contributed by atoms with Gasteiger partial charge in [-0.3, -0.25) is 0 Å². The standard InChI is InChI=1S/C63H42N2O/c1-4-19-44(20-5-1)61-53-28-11-17-34-60(53)66-62(61)45-37-35-43(36-38-45)46-21-18-26-49(41-46)64(47-22-6-2-7-23-47)50-39-40-52-51-27-10-12-29-54(51)63(57(52)42-50)55-30-13-15-32-58(55)65(48-24-8-3-9-25-48)59-33-16-14-31-56(59)63/h1-42H. The number of benzene rings is 10. The monoisotopic (exact) mass is 842 g/mol. The quantitative estimate of drug-likeness (QED) is 0.159. The Bertz CT molecular complexity index is 3550. The summed E-state index contributed by atoms with van der Waals surface area (Å²) in [5.41, 5.74) is 20.3. The Kier molecular flexibility index (Phi) is 8.75. The van der Waals surface area contributed by atoms with Crippen LogP contribution in [0.15, 0.2) is 259 Å². The fourth-order valence-electron chi connectivity index (χ4n) is 10.9. The molecule has 1 aliphatic heterocycles. The van der Waals surface area contributed by atoms with E-state index in [0.717, 1.165) is 67.3 Å². The summed E-state index contributed by atoms with van der Waals surface area (Å²) >= 11 is 0. The highest BCUT2D eigenvalue weighted by Crippen LogP contribution is 2.64. The second-order valence-electron chi connectivity index (χ2n) is 17.2. The summed E-state index contributed by atoms with van der Waals surface area (Å²) in [6, 6.07) is 92.3. The van der Waals surface area contributed by atoms with E-state index >= 15 is 0 Å². The molecule has 0 bridgehead atoms. The van der Waals surface area contributed by atoms with Crippen LogP contribution in [0, 0.1) is 0 Å². The molecular weight excluding hydrogens is 801 g/mol. The van der Waals surface area contributed by atoms with Gasteiger partial charge in [-0.25, -0.2) is 0 Å². The van der Waals surface area contributed by atoms with Crippen molar-refractivity contribution < 1.29 is 4.42 Å². The molecule has 0 amide bonds. The molecule has 0 radical (unpaired) electrons. The molecular formula is C63H42N2O. The third-order valence-corrected chi connectivity index (χ3v) is 13.7. The summed E-state index contributed by atoms with van der Waals surface area (Å²) < 4.78 is 6.58. The Morgan fingerprint density at radius 2 is 0.894 bits per heavy atom. The van der Waals surface area contributed by atoms with Gasteiger partial charge in [-0.2, -0.15) is 0 Å². The molecule has 66 heavy (non-hydrogen) atoms. The lowest BCUT2D eigenvalue weighted by Gasteiger charge is -2.45. The van der Waals surface area contributed by atoms with Gasteiger partial charge in [0, 0.05) is 39.3 Å². The molecule has 0 unspecified atom stereocenters. The van der Waals surface area contributed by atoms with Gasteiger partial charge >= 0.3 is 0 Å². The van der Waals surface area contributed by atoms with Gasteiger partial charge in [0.15, 0.2) is 0 Å². The van der Waals surface area contributed by atoms with Gasteiger partial charge in [-0.15, -0.1) is 0 Å². The van der Waals surface area contributed by atoms with E-state index in [2.05, 4.69) is 259 Å². The summed E-state index contributed by atoms with van der Waals surface area (Å²) in [6.45, 7) is 0. The second-order valence-corrected chi connectivity index (χ2v) is 17.2. The molecule has 1 aliphatic carbocycles. The minimum Gasteiger partial charge on any atom is -0.455 e. The van der Waals surface area contributed by atoms with Crippen molar-refractivity contribution in [1.82, 2.24) is 0 Å². The molecule has 0 saturated heterocycles. The van der Waals surface area contributed by atoms with Gasteiger partial charge in [0.25, 0.3) is 0 Å². The van der Waals surface area contributed by atoms with E-state index in [0.29, 0.717) is 0 Å². The largest absolute Gasteiger partial charge is 0.455 e. The van der Waals surface area contributed by atoms with Crippen LogP contribution in [0.4, 0.5) is 34.1 Å². The summed E-state index contributed by atoms with van der Waals surface area (Å²) in [6.07, 6.45) is 0. The summed E-state index contributed by atoms with van der Waals surface area (Å²) in [7, 11) is 0. The zero-order valence-electron chi connectivity index (χ0n) is 36.1. The predicted molar refractivity (Wildman–Crippen MR) is 273 cm³/mol. The highest BCUT2D eigenvalue weighted by molar-refractivity contribution is 6.02. The van der Waals surface area contributed by atoms with Crippen molar-refractivity contribution in [3.8, 4) is 44.7 Å². The van der Waals surface area contributed by atoms with Crippen molar-refractivity contribution in [2.75, 3.05) is 9.80 Å². The van der Waals surface area contributed by atoms with Crippen LogP contribution in [0.25, 0.3) is 55.7 Å². The molecule has 0 saturated carbocycles. The molecule has 1 spiro atoms. The summed E-state index contributed by atoms with van der Waals surface area (Å²) in [5.74, 6) is 0.880. The minimum atomic E-state index is -0.563. The molecule has 0 N–H and O–H groups in total.